The summed E-state index contributed by atoms with van der Waals surface area (Å²) in [5.41, 5.74) is 0.624. The van der Waals surface area contributed by atoms with Crippen molar-refractivity contribution < 1.29 is 4.52 Å². The zero-order chi connectivity index (χ0) is 11.1. The van der Waals surface area contributed by atoms with E-state index < -0.39 is 6.13 Å². The first-order chi connectivity index (χ1) is 7.26. The Bertz CT molecular complexity index is 374. The lowest BCUT2D eigenvalue weighted by atomic mass is 10.2. The molecule has 0 spiro atoms. The van der Waals surface area contributed by atoms with Gasteiger partial charge in [0.25, 0.3) is 0 Å². The first kappa shape index (κ1) is 12.8. The highest BCUT2D eigenvalue weighted by atomic mass is 32.9. The smallest absolute Gasteiger partial charge is 0.265 e. The van der Waals surface area contributed by atoms with Gasteiger partial charge in [-0.2, -0.15) is 17.9 Å². The minimum Gasteiger partial charge on any atom is -0.265 e. The minimum atomic E-state index is -0.908. The molecule has 6 heteroatoms. The number of benzene rings is 1. The van der Waals surface area contributed by atoms with E-state index in [4.69, 9.17) is 21.6 Å². The zero-order valence-corrected chi connectivity index (χ0v) is 11.2. The Morgan fingerprint density at radius 3 is 2.67 bits per heavy atom. The zero-order valence-electron chi connectivity index (χ0n) is 7.79. The standard InChI is InChI=1S/C9H8NOPS3/c10-7-8-1-3-9(4-2-8)11-12(14)15-6-5-13/h1-4H,5-6H2/p+1. The van der Waals surface area contributed by atoms with E-state index in [1.165, 1.54) is 0 Å². The fourth-order valence-electron chi connectivity index (χ4n) is 0.818. The maximum atomic E-state index is 8.61. The summed E-state index contributed by atoms with van der Waals surface area (Å²) in [6.45, 7) is 0. The SMILES string of the molecule is N#Cc1ccc(O[P+](=S)SCCS)cc1. The van der Waals surface area contributed by atoms with Gasteiger partial charge in [0.15, 0.2) is 5.75 Å². The van der Waals surface area contributed by atoms with Crippen LogP contribution in [-0.2, 0) is 11.8 Å². The van der Waals surface area contributed by atoms with Crippen LogP contribution in [0.3, 0.4) is 0 Å². The van der Waals surface area contributed by atoms with Crippen molar-refractivity contribution in [1.82, 2.24) is 0 Å². The number of thiol groups is 1. The molecule has 2 nitrogen and oxygen atoms in total. The molecule has 0 aromatic heterocycles. The van der Waals surface area contributed by atoms with Crippen molar-refractivity contribution in [3.63, 3.8) is 0 Å². The molecule has 78 valence electrons. The van der Waals surface area contributed by atoms with Crippen LogP contribution < -0.4 is 4.52 Å². The van der Waals surface area contributed by atoms with Crippen LogP contribution in [0.25, 0.3) is 0 Å². The normalized spacial score (nSPS) is 10.5. The minimum absolute atomic E-state index is 0.624. The van der Waals surface area contributed by atoms with Crippen molar-refractivity contribution >= 4 is 41.9 Å². The van der Waals surface area contributed by atoms with Crippen LogP contribution in [-0.4, -0.2) is 11.5 Å². The summed E-state index contributed by atoms with van der Waals surface area (Å²) in [4.78, 5) is 0. The van der Waals surface area contributed by atoms with E-state index in [9.17, 15) is 0 Å². The van der Waals surface area contributed by atoms with Gasteiger partial charge in [-0.15, -0.1) is 0 Å². The topological polar surface area (TPSA) is 33.0 Å². The molecular formula is C9H9NOPS3+. The maximum Gasteiger partial charge on any atom is 0.463 e. The summed E-state index contributed by atoms with van der Waals surface area (Å²) in [7, 11) is 0. The van der Waals surface area contributed by atoms with Gasteiger partial charge in [0.1, 0.15) is 11.4 Å². The third-order valence-electron chi connectivity index (χ3n) is 1.45. The van der Waals surface area contributed by atoms with E-state index >= 15 is 0 Å². The molecule has 15 heavy (non-hydrogen) atoms. The first-order valence-corrected chi connectivity index (χ1v) is 8.65. The Hall–Kier alpha value is -0.270. The van der Waals surface area contributed by atoms with Crippen LogP contribution in [0, 0.1) is 11.3 Å². The highest BCUT2D eigenvalue weighted by Gasteiger charge is 2.14. The molecule has 0 saturated carbocycles. The van der Waals surface area contributed by atoms with E-state index in [-0.39, 0.29) is 0 Å². The van der Waals surface area contributed by atoms with Crippen LogP contribution in [0.5, 0.6) is 5.75 Å². The van der Waals surface area contributed by atoms with Crippen LogP contribution in [0.1, 0.15) is 5.56 Å². The van der Waals surface area contributed by atoms with Gasteiger partial charge in [0.05, 0.1) is 17.4 Å². The second-order valence-corrected chi connectivity index (χ2v) is 7.71. The number of nitriles is 1. The summed E-state index contributed by atoms with van der Waals surface area (Å²) in [6.07, 6.45) is -0.908. The summed E-state index contributed by atoms with van der Waals surface area (Å²) in [5, 5.41) is 8.61. The van der Waals surface area contributed by atoms with E-state index in [0.29, 0.717) is 5.56 Å². The summed E-state index contributed by atoms with van der Waals surface area (Å²) in [6, 6.07) is 9.02. The average Bonchev–Trinajstić information content (AvgIpc) is 2.27. The third-order valence-corrected chi connectivity index (χ3v) is 5.51. The van der Waals surface area contributed by atoms with Gasteiger partial charge in [-0.25, -0.2) is 0 Å². The molecule has 0 aliphatic heterocycles. The molecule has 0 fully saturated rings. The van der Waals surface area contributed by atoms with Crippen molar-refractivity contribution in [2.45, 2.75) is 0 Å². The lowest BCUT2D eigenvalue weighted by Gasteiger charge is -1.94. The van der Waals surface area contributed by atoms with E-state index in [0.717, 1.165) is 17.3 Å². The molecule has 0 heterocycles. The molecule has 0 bridgehead atoms. The number of nitrogens with zero attached hydrogens (tertiary/aromatic N) is 1. The van der Waals surface area contributed by atoms with Gasteiger partial charge >= 0.3 is 6.13 Å². The van der Waals surface area contributed by atoms with Gasteiger partial charge in [0, 0.05) is 5.75 Å². The molecule has 0 radical (unpaired) electrons. The molecule has 1 aromatic rings. The number of hydrogen-bond donors (Lipinski definition) is 1. The van der Waals surface area contributed by atoms with Gasteiger partial charge < -0.3 is 0 Å². The Kier molecular flexibility index (Phi) is 6.04. The van der Waals surface area contributed by atoms with Crippen molar-refractivity contribution in [2.24, 2.45) is 0 Å². The van der Waals surface area contributed by atoms with E-state index in [1.807, 2.05) is 0 Å². The van der Waals surface area contributed by atoms with Crippen LogP contribution >= 0.6 is 30.1 Å². The Balaban J connectivity index is 2.50. The van der Waals surface area contributed by atoms with Crippen molar-refractivity contribution in [1.29, 1.82) is 5.26 Å². The molecule has 0 amide bonds. The largest absolute Gasteiger partial charge is 0.463 e. The molecule has 1 unspecified atom stereocenters. The summed E-state index contributed by atoms with van der Waals surface area (Å²) >= 11 is 10.8. The molecule has 0 N–H and O–H groups in total. The molecule has 0 saturated heterocycles. The molecule has 1 atom stereocenters. The van der Waals surface area contributed by atoms with Crippen molar-refractivity contribution in [3.8, 4) is 11.8 Å². The van der Waals surface area contributed by atoms with Crippen molar-refractivity contribution in [3.05, 3.63) is 29.8 Å². The average molecular weight is 274 g/mol. The number of rotatable bonds is 5. The maximum absolute atomic E-state index is 8.61. The van der Waals surface area contributed by atoms with Gasteiger partial charge in [-0.1, -0.05) is 0 Å². The summed E-state index contributed by atoms with van der Waals surface area (Å²) < 4.78 is 5.52. The highest BCUT2D eigenvalue weighted by molar-refractivity contribution is 8.62. The molecule has 0 aliphatic rings. The quantitative estimate of drug-likeness (QED) is 0.659. The second-order valence-electron chi connectivity index (χ2n) is 2.51. The fraction of sp³-hybridized carbons (Fsp3) is 0.222. The van der Waals surface area contributed by atoms with Gasteiger partial charge in [0.2, 0.25) is 11.8 Å². The third kappa shape index (κ3) is 4.85. The van der Waals surface area contributed by atoms with Crippen LogP contribution in [0.15, 0.2) is 24.3 Å². The molecule has 0 aliphatic carbocycles. The van der Waals surface area contributed by atoms with Gasteiger partial charge in [-0.05, 0) is 24.3 Å². The molecular weight excluding hydrogens is 265 g/mol. The Morgan fingerprint density at radius 2 is 2.13 bits per heavy atom. The van der Waals surface area contributed by atoms with E-state index in [1.54, 1.807) is 35.6 Å². The first-order valence-electron chi connectivity index (χ1n) is 4.15. The monoisotopic (exact) mass is 274 g/mol. The second kappa shape index (κ2) is 7.08. The van der Waals surface area contributed by atoms with Crippen LogP contribution in [0.2, 0.25) is 0 Å². The van der Waals surface area contributed by atoms with E-state index in [2.05, 4.69) is 18.7 Å². The van der Waals surface area contributed by atoms with Crippen LogP contribution in [0.4, 0.5) is 0 Å². The highest BCUT2D eigenvalue weighted by Crippen LogP contribution is 2.39. The lowest BCUT2D eigenvalue weighted by Crippen LogP contribution is -1.81. The lowest BCUT2D eigenvalue weighted by molar-refractivity contribution is 0.641. The van der Waals surface area contributed by atoms with Crippen molar-refractivity contribution in [2.75, 3.05) is 11.5 Å². The summed E-state index contributed by atoms with van der Waals surface area (Å²) in [5.74, 6) is 2.42. The van der Waals surface area contributed by atoms with Gasteiger partial charge in [-0.3, -0.25) is 4.52 Å². The fourth-order valence-corrected chi connectivity index (χ4v) is 4.17. The molecule has 1 rings (SSSR count). The number of hydrogen-bond acceptors (Lipinski definition) is 5. The predicted octanol–water partition coefficient (Wildman–Crippen LogP) is 3.37. The molecule has 1 aromatic carbocycles. The Morgan fingerprint density at radius 1 is 1.47 bits per heavy atom. The predicted molar refractivity (Wildman–Crippen MR) is 72.4 cm³/mol. The Labute approximate surface area is 105 Å².